The summed E-state index contributed by atoms with van der Waals surface area (Å²) in [5, 5.41) is 0. The van der Waals surface area contributed by atoms with Gasteiger partial charge >= 0.3 is 5.97 Å². The number of ether oxygens (including phenoxy) is 1. The first-order valence-electron chi connectivity index (χ1n) is 5.59. The molecule has 1 amide bonds. The van der Waals surface area contributed by atoms with Crippen LogP contribution >= 0.6 is 11.8 Å². The number of esters is 1. The number of rotatable bonds is 8. The quantitative estimate of drug-likeness (QED) is 0.644. The van der Waals surface area contributed by atoms with Crippen LogP contribution in [0.4, 0.5) is 0 Å². The van der Waals surface area contributed by atoms with Crippen LogP contribution in [-0.4, -0.2) is 55.5 Å². The van der Waals surface area contributed by atoms with Crippen LogP contribution in [0.15, 0.2) is 0 Å². The van der Waals surface area contributed by atoms with E-state index in [1.807, 2.05) is 6.26 Å². The van der Waals surface area contributed by atoms with Crippen LogP contribution in [0.3, 0.4) is 0 Å². The Labute approximate surface area is 107 Å². The third-order valence-corrected chi connectivity index (χ3v) is 3.07. The molecule has 0 unspecified atom stereocenters. The van der Waals surface area contributed by atoms with Crippen molar-refractivity contribution in [3.8, 4) is 0 Å². The molecule has 0 rings (SSSR count). The summed E-state index contributed by atoms with van der Waals surface area (Å²) in [4.78, 5) is 24.2. The minimum Gasteiger partial charge on any atom is -0.469 e. The van der Waals surface area contributed by atoms with Crippen LogP contribution in [0.25, 0.3) is 0 Å². The highest BCUT2D eigenvalue weighted by atomic mass is 32.2. The third kappa shape index (κ3) is 7.23. The van der Waals surface area contributed by atoms with Gasteiger partial charge in [0.05, 0.1) is 13.2 Å². The molecule has 0 saturated carbocycles. The van der Waals surface area contributed by atoms with Crippen molar-refractivity contribution in [2.75, 3.05) is 32.7 Å². The highest BCUT2D eigenvalue weighted by molar-refractivity contribution is 7.98. The molecule has 1 atom stereocenters. The molecule has 0 heterocycles. The van der Waals surface area contributed by atoms with E-state index in [2.05, 4.69) is 4.74 Å². The molecule has 2 N–H and O–H groups in total. The molecule has 0 aromatic rings. The fraction of sp³-hybridized carbons (Fsp3) is 0.818. The normalized spacial score (nSPS) is 12.0. The summed E-state index contributed by atoms with van der Waals surface area (Å²) < 4.78 is 4.52. The third-order valence-electron chi connectivity index (χ3n) is 2.43. The van der Waals surface area contributed by atoms with Crippen LogP contribution < -0.4 is 5.73 Å². The number of carbonyl (C=O) groups excluding carboxylic acids is 2. The van der Waals surface area contributed by atoms with Gasteiger partial charge in [-0.1, -0.05) is 0 Å². The van der Waals surface area contributed by atoms with Crippen molar-refractivity contribution in [2.45, 2.75) is 25.3 Å². The number of methoxy groups -OCH3 is 1. The van der Waals surface area contributed by atoms with Crippen molar-refractivity contribution in [3.05, 3.63) is 0 Å². The highest BCUT2D eigenvalue weighted by Gasteiger charge is 2.17. The number of carbonyl (C=O) groups is 2. The van der Waals surface area contributed by atoms with Gasteiger partial charge in [-0.15, -0.1) is 0 Å². The van der Waals surface area contributed by atoms with E-state index in [1.54, 1.807) is 23.7 Å². The lowest BCUT2D eigenvalue weighted by molar-refractivity contribution is -0.141. The Bertz CT molecular complexity index is 249. The van der Waals surface area contributed by atoms with Gasteiger partial charge in [-0.25, -0.2) is 0 Å². The molecule has 0 aliphatic rings. The predicted molar refractivity (Wildman–Crippen MR) is 69.9 cm³/mol. The fourth-order valence-corrected chi connectivity index (χ4v) is 1.81. The first kappa shape index (κ1) is 16.2. The van der Waals surface area contributed by atoms with E-state index in [9.17, 15) is 9.59 Å². The average molecular weight is 262 g/mol. The molecule has 0 saturated heterocycles. The molecule has 6 heteroatoms. The number of nitrogens with zero attached hydrogens (tertiary/aromatic N) is 1. The molecule has 0 spiro atoms. The Hall–Kier alpha value is -0.750. The van der Waals surface area contributed by atoms with Gasteiger partial charge < -0.3 is 15.4 Å². The second-order valence-corrected chi connectivity index (χ2v) is 4.81. The molecule has 0 aromatic carbocycles. The number of hydrogen-bond donors (Lipinski definition) is 1. The first-order valence-corrected chi connectivity index (χ1v) is 6.98. The molecular weight excluding hydrogens is 240 g/mol. The maximum atomic E-state index is 11.8. The second kappa shape index (κ2) is 9.30. The Morgan fingerprint density at radius 2 is 2.12 bits per heavy atom. The zero-order valence-corrected chi connectivity index (χ0v) is 11.6. The lowest BCUT2D eigenvalue weighted by Crippen LogP contribution is -2.42. The second-order valence-electron chi connectivity index (χ2n) is 3.83. The van der Waals surface area contributed by atoms with Crippen LogP contribution in [0.1, 0.15) is 19.3 Å². The number of likely N-dealkylation sites (N-methyl/N-ethyl adjacent to an activating group) is 1. The van der Waals surface area contributed by atoms with Gasteiger partial charge in [0.1, 0.15) is 0 Å². The molecular formula is C11H22N2O3S. The minimum atomic E-state index is -0.439. The van der Waals surface area contributed by atoms with Crippen molar-refractivity contribution in [1.29, 1.82) is 0 Å². The van der Waals surface area contributed by atoms with Gasteiger partial charge in [-0.3, -0.25) is 9.59 Å². The maximum absolute atomic E-state index is 11.8. The topological polar surface area (TPSA) is 72.6 Å². The summed E-state index contributed by atoms with van der Waals surface area (Å²) >= 11 is 1.67. The number of nitrogens with two attached hydrogens (primary N) is 1. The first-order chi connectivity index (χ1) is 8.02. The lowest BCUT2D eigenvalue weighted by atomic mass is 10.2. The van der Waals surface area contributed by atoms with E-state index in [1.165, 1.54) is 7.11 Å². The maximum Gasteiger partial charge on any atom is 0.305 e. The molecule has 0 aliphatic heterocycles. The highest BCUT2D eigenvalue weighted by Crippen LogP contribution is 2.03. The zero-order chi connectivity index (χ0) is 13.3. The summed E-state index contributed by atoms with van der Waals surface area (Å²) in [6.07, 6.45) is 3.59. The van der Waals surface area contributed by atoms with Crippen molar-refractivity contribution >= 4 is 23.6 Å². The van der Waals surface area contributed by atoms with Gasteiger partial charge in [0.2, 0.25) is 5.91 Å². The van der Waals surface area contributed by atoms with Gasteiger partial charge in [0.25, 0.3) is 0 Å². The van der Waals surface area contributed by atoms with Gasteiger partial charge in [-0.05, 0) is 24.9 Å². The van der Waals surface area contributed by atoms with Gasteiger partial charge in [0, 0.05) is 20.0 Å². The SMILES string of the molecule is COC(=O)CCCN(C)C(=O)[C@@H](N)CCSC. The molecule has 0 radical (unpaired) electrons. The van der Waals surface area contributed by atoms with Crippen molar-refractivity contribution < 1.29 is 14.3 Å². The summed E-state index contributed by atoms with van der Waals surface area (Å²) in [6.45, 7) is 0.529. The monoisotopic (exact) mass is 262 g/mol. The standard InChI is InChI=1S/C11H22N2O3S/c1-13(7-4-5-10(14)16-2)11(15)9(12)6-8-17-3/h9H,4-8,12H2,1-3H3/t9-/m0/s1. The smallest absolute Gasteiger partial charge is 0.305 e. The fourth-order valence-electron chi connectivity index (χ4n) is 1.32. The summed E-state index contributed by atoms with van der Waals surface area (Å²) in [7, 11) is 3.06. The van der Waals surface area contributed by atoms with Gasteiger partial charge in [-0.2, -0.15) is 11.8 Å². The lowest BCUT2D eigenvalue weighted by Gasteiger charge is -2.20. The largest absolute Gasteiger partial charge is 0.469 e. The summed E-state index contributed by atoms with van der Waals surface area (Å²) in [6, 6.07) is -0.439. The van der Waals surface area contributed by atoms with E-state index >= 15 is 0 Å². The van der Waals surface area contributed by atoms with Crippen molar-refractivity contribution in [3.63, 3.8) is 0 Å². The summed E-state index contributed by atoms with van der Waals surface area (Å²) in [5.74, 6) is 0.560. The summed E-state index contributed by atoms with van der Waals surface area (Å²) in [5.41, 5.74) is 5.77. The van der Waals surface area contributed by atoms with Crippen molar-refractivity contribution in [1.82, 2.24) is 4.90 Å². The molecule has 0 aliphatic carbocycles. The van der Waals surface area contributed by atoms with Gasteiger partial charge in [0.15, 0.2) is 0 Å². The van der Waals surface area contributed by atoms with Crippen LogP contribution in [0.5, 0.6) is 0 Å². The molecule has 0 fully saturated rings. The molecule has 5 nitrogen and oxygen atoms in total. The van der Waals surface area contributed by atoms with E-state index in [4.69, 9.17) is 5.73 Å². The van der Waals surface area contributed by atoms with Crippen molar-refractivity contribution in [2.24, 2.45) is 5.73 Å². The number of amides is 1. The van der Waals surface area contributed by atoms with E-state index in [-0.39, 0.29) is 11.9 Å². The minimum absolute atomic E-state index is 0.0658. The Balaban J connectivity index is 3.84. The molecule has 0 bridgehead atoms. The molecule has 0 aromatic heterocycles. The van der Waals surface area contributed by atoms with E-state index < -0.39 is 6.04 Å². The Morgan fingerprint density at radius 1 is 1.47 bits per heavy atom. The Morgan fingerprint density at radius 3 is 2.65 bits per heavy atom. The van der Waals surface area contributed by atoms with Crippen LogP contribution in [0, 0.1) is 0 Å². The van der Waals surface area contributed by atoms with Crippen LogP contribution in [-0.2, 0) is 14.3 Å². The molecule has 17 heavy (non-hydrogen) atoms. The van der Waals surface area contributed by atoms with E-state index in [0.717, 1.165) is 5.75 Å². The zero-order valence-electron chi connectivity index (χ0n) is 10.8. The number of thioether (sulfide) groups is 1. The van der Waals surface area contributed by atoms with E-state index in [0.29, 0.717) is 25.8 Å². The number of hydrogen-bond acceptors (Lipinski definition) is 5. The molecule has 100 valence electrons. The predicted octanol–water partition coefficient (Wildman–Crippen LogP) is 0.478. The Kier molecular flexibility index (Phi) is 8.89. The average Bonchev–Trinajstić information content (AvgIpc) is 2.34. The van der Waals surface area contributed by atoms with Crippen LogP contribution in [0.2, 0.25) is 0 Å².